The number of imidazole rings is 1. The van der Waals surface area contributed by atoms with Crippen LogP contribution in [0.15, 0.2) is 12.4 Å². The van der Waals surface area contributed by atoms with E-state index in [4.69, 9.17) is 5.26 Å². The van der Waals surface area contributed by atoms with Crippen molar-refractivity contribution in [3.05, 3.63) is 18.2 Å². The molecule has 1 aromatic heterocycles. The first-order valence-electron chi connectivity index (χ1n) is 5.31. The van der Waals surface area contributed by atoms with Gasteiger partial charge in [0.05, 0.1) is 12.6 Å². The van der Waals surface area contributed by atoms with Crippen molar-refractivity contribution in [3.63, 3.8) is 0 Å². The molecule has 0 amide bonds. The first-order chi connectivity index (χ1) is 6.88. The summed E-state index contributed by atoms with van der Waals surface area (Å²) >= 11 is 0. The van der Waals surface area contributed by atoms with Gasteiger partial charge in [0.2, 0.25) is 0 Å². The van der Waals surface area contributed by atoms with Gasteiger partial charge in [-0.05, 0) is 19.8 Å². The van der Waals surface area contributed by atoms with Crippen LogP contribution < -0.4 is 4.57 Å². The molecule has 0 aromatic carbocycles. The molecule has 76 valence electrons. The average Bonchev–Trinajstić information content (AvgIpc) is 2.65. The quantitative estimate of drug-likeness (QED) is 0.543. The van der Waals surface area contributed by atoms with Gasteiger partial charge >= 0.3 is 0 Å². The molecule has 0 aliphatic carbocycles. The Hall–Kier alpha value is -1.30. The summed E-state index contributed by atoms with van der Waals surface area (Å²) in [4.78, 5) is 3.25. The van der Waals surface area contributed by atoms with E-state index < -0.39 is 0 Å². The second-order valence-corrected chi connectivity index (χ2v) is 3.41. The Labute approximate surface area is 85.4 Å². The van der Waals surface area contributed by atoms with Gasteiger partial charge in [-0.2, -0.15) is 5.26 Å². The molecule has 0 unspecified atom stereocenters. The van der Waals surface area contributed by atoms with Gasteiger partial charge in [-0.1, -0.05) is 6.42 Å². The number of aryl methyl sites for hydroxylation is 2. The van der Waals surface area contributed by atoms with E-state index in [1.165, 1.54) is 12.2 Å². The molecule has 3 nitrogen and oxygen atoms in total. The Morgan fingerprint density at radius 3 is 3.00 bits per heavy atom. The van der Waals surface area contributed by atoms with Crippen molar-refractivity contribution in [1.82, 2.24) is 4.98 Å². The van der Waals surface area contributed by atoms with Gasteiger partial charge in [0.15, 0.2) is 0 Å². The molecular weight excluding hydrogens is 174 g/mol. The molecule has 0 fully saturated rings. The number of aromatic amines is 1. The Morgan fingerprint density at radius 2 is 2.29 bits per heavy atom. The van der Waals surface area contributed by atoms with Gasteiger partial charge in [0, 0.05) is 12.8 Å². The molecule has 0 aliphatic rings. The highest BCUT2D eigenvalue weighted by Crippen LogP contribution is 2.02. The zero-order chi connectivity index (χ0) is 10.2. The third-order valence-electron chi connectivity index (χ3n) is 2.39. The number of hydrogen-bond acceptors (Lipinski definition) is 1. The minimum absolute atomic E-state index is 0.693. The highest BCUT2D eigenvalue weighted by Gasteiger charge is 2.07. The van der Waals surface area contributed by atoms with Crippen LogP contribution in [0.5, 0.6) is 0 Å². The zero-order valence-electron chi connectivity index (χ0n) is 8.79. The fourth-order valence-electron chi connectivity index (χ4n) is 1.58. The maximum Gasteiger partial charge on any atom is 0.254 e. The van der Waals surface area contributed by atoms with Crippen molar-refractivity contribution in [2.75, 3.05) is 0 Å². The molecule has 3 heteroatoms. The van der Waals surface area contributed by atoms with Crippen molar-refractivity contribution in [2.45, 2.75) is 45.6 Å². The van der Waals surface area contributed by atoms with Crippen LogP contribution in [0.25, 0.3) is 0 Å². The number of unbranched alkanes of at least 4 members (excludes halogenated alkanes) is 3. The van der Waals surface area contributed by atoms with Crippen molar-refractivity contribution < 1.29 is 4.57 Å². The van der Waals surface area contributed by atoms with Crippen LogP contribution >= 0.6 is 0 Å². The third-order valence-corrected chi connectivity index (χ3v) is 2.39. The summed E-state index contributed by atoms with van der Waals surface area (Å²) in [6, 6.07) is 2.17. The number of nitriles is 1. The maximum atomic E-state index is 8.37. The van der Waals surface area contributed by atoms with E-state index in [2.05, 4.69) is 28.7 Å². The Balaban J connectivity index is 2.21. The second kappa shape index (κ2) is 6.20. The average molecular weight is 192 g/mol. The molecule has 0 saturated heterocycles. The lowest BCUT2D eigenvalue weighted by atomic mass is 10.1. The van der Waals surface area contributed by atoms with Gasteiger partial charge in [-0.15, -0.1) is 0 Å². The van der Waals surface area contributed by atoms with Crippen molar-refractivity contribution in [3.8, 4) is 6.07 Å². The van der Waals surface area contributed by atoms with E-state index in [0.717, 1.165) is 25.8 Å². The summed E-state index contributed by atoms with van der Waals surface area (Å²) < 4.78 is 2.23. The van der Waals surface area contributed by atoms with E-state index in [9.17, 15) is 0 Å². The van der Waals surface area contributed by atoms with Gasteiger partial charge in [-0.25, -0.2) is 9.55 Å². The first kappa shape index (κ1) is 10.8. The molecule has 0 saturated carbocycles. The van der Waals surface area contributed by atoms with Gasteiger partial charge in [0.25, 0.3) is 5.82 Å². The molecule has 0 spiro atoms. The summed E-state index contributed by atoms with van der Waals surface area (Å²) in [5.74, 6) is 1.30. The predicted octanol–water partition coefficient (Wildman–Crippen LogP) is 1.95. The van der Waals surface area contributed by atoms with Gasteiger partial charge in [-0.3, -0.25) is 0 Å². The SMILES string of the molecule is CC[n+]1cc[nH]c1CCCCCC#N. The summed E-state index contributed by atoms with van der Waals surface area (Å²) in [5.41, 5.74) is 0. The first-order valence-corrected chi connectivity index (χ1v) is 5.31. The van der Waals surface area contributed by atoms with E-state index in [-0.39, 0.29) is 0 Å². The van der Waals surface area contributed by atoms with E-state index in [1.54, 1.807) is 0 Å². The topological polar surface area (TPSA) is 43.5 Å². The molecule has 0 radical (unpaired) electrons. The van der Waals surface area contributed by atoms with Crippen molar-refractivity contribution in [1.29, 1.82) is 5.26 Å². The standard InChI is InChI=1S/C11H17N3/c1-2-14-10-9-13-11(14)7-5-3-4-6-8-12/h9-10H,2-7H2,1H3/p+1. The van der Waals surface area contributed by atoms with E-state index >= 15 is 0 Å². The molecular formula is C11H18N3+. The molecule has 1 aromatic rings. The summed E-state index contributed by atoms with van der Waals surface area (Å²) in [5, 5.41) is 8.37. The lowest BCUT2D eigenvalue weighted by Crippen LogP contribution is -2.34. The Morgan fingerprint density at radius 1 is 1.43 bits per heavy atom. The monoisotopic (exact) mass is 192 g/mol. The number of nitrogens with zero attached hydrogens (tertiary/aromatic N) is 2. The molecule has 0 aliphatic heterocycles. The summed E-state index contributed by atoms with van der Waals surface area (Å²) in [7, 11) is 0. The summed E-state index contributed by atoms with van der Waals surface area (Å²) in [6.45, 7) is 3.17. The zero-order valence-corrected chi connectivity index (χ0v) is 8.79. The van der Waals surface area contributed by atoms with Crippen LogP contribution in [0.3, 0.4) is 0 Å². The highest BCUT2D eigenvalue weighted by atomic mass is 15.0. The van der Waals surface area contributed by atoms with Crippen LogP contribution in [-0.4, -0.2) is 4.98 Å². The minimum atomic E-state index is 0.693. The van der Waals surface area contributed by atoms with Gasteiger partial charge < -0.3 is 0 Å². The normalized spacial score (nSPS) is 10.0. The van der Waals surface area contributed by atoms with Crippen molar-refractivity contribution >= 4 is 0 Å². The predicted molar refractivity (Wildman–Crippen MR) is 54.4 cm³/mol. The molecule has 1 heterocycles. The Bertz CT molecular complexity index is 296. The Kier molecular flexibility index (Phi) is 4.77. The molecule has 1 N–H and O–H groups in total. The summed E-state index contributed by atoms with van der Waals surface area (Å²) in [6.07, 6.45) is 9.19. The molecule has 0 bridgehead atoms. The number of hydrogen-bond donors (Lipinski definition) is 1. The lowest BCUT2D eigenvalue weighted by Gasteiger charge is -1.97. The van der Waals surface area contributed by atoms with Crippen LogP contribution in [0.4, 0.5) is 0 Å². The number of nitrogens with one attached hydrogen (secondary N) is 1. The molecule has 14 heavy (non-hydrogen) atoms. The fourth-order valence-corrected chi connectivity index (χ4v) is 1.58. The third kappa shape index (κ3) is 3.21. The van der Waals surface area contributed by atoms with Gasteiger partial charge in [0.1, 0.15) is 12.4 Å². The van der Waals surface area contributed by atoms with Crippen LogP contribution in [0, 0.1) is 11.3 Å². The van der Waals surface area contributed by atoms with Crippen LogP contribution in [-0.2, 0) is 13.0 Å². The largest absolute Gasteiger partial charge is 0.254 e. The number of rotatable bonds is 6. The molecule has 0 atom stereocenters. The van der Waals surface area contributed by atoms with Crippen LogP contribution in [0.2, 0.25) is 0 Å². The fraction of sp³-hybridized carbons (Fsp3) is 0.636. The second-order valence-electron chi connectivity index (χ2n) is 3.41. The smallest absolute Gasteiger partial charge is 0.248 e. The van der Waals surface area contributed by atoms with Crippen LogP contribution in [0.1, 0.15) is 38.4 Å². The highest BCUT2D eigenvalue weighted by molar-refractivity contribution is 4.77. The number of H-pyrrole nitrogens is 1. The molecule has 1 rings (SSSR count). The van der Waals surface area contributed by atoms with E-state index in [0.29, 0.717) is 6.42 Å². The lowest BCUT2D eigenvalue weighted by molar-refractivity contribution is -0.699. The van der Waals surface area contributed by atoms with Crippen molar-refractivity contribution in [2.24, 2.45) is 0 Å². The number of aromatic nitrogens is 2. The maximum absolute atomic E-state index is 8.37. The van der Waals surface area contributed by atoms with E-state index in [1.807, 2.05) is 6.20 Å². The minimum Gasteiger partial charge on any atom is -0.248 e.